The van der Waals surface area contributed by atoms with E-state index in [0.717, 1.165) is 5.69 Å². The van der Waals surface area contributed by atoms with E-state index in [1.54, 1.807) is 0 Å². The monoisotopic (exact) mass is 252 g/mol. The highest BCUT2D eigenvalue weighted by molar-refractivity contribution is 5.82. The summed E-state index contributed by atoms with van der Waals surface area (Å²) < 4.78 is 0. The van der Waals surface area contributed by atoms with Gasteiger partial charge in [-0.3, -0.25) is 9.59 Å². The minimum atomic E-state index is -0.950. The first kappa shape index (κ1) is 14.3. The second-order valence-electron chi connectivity index (χ2n) is 5.19. The summed E-state index contributed by atoms with van der Waals surface area (Å²) in [6.45, 7) is 6.02. The fourth-order valence-electron chi connectivity index (χ4n) is 1.60. The molecule has 0 aliphatic heterocycles. The number of H-pyrrole nitrogens is 1. The highest BCUT2D eigenvalue weighted by Crippen LogP contribution is 2.20. The fourth-order valence-corrected chi connectivity index (χ4v) is 1.60. The number of rotatable bonds is 6. The van der Waals surface area contributed by atoms with Crippen LogP contribution in [-0.4, -0.2) is 28.5 Å². The summed E-state index contributed by atoms with van der Waals surface area (Å²) in [5.74, 6) is -1.84. The number of carboxylic acid groups (broad SMARTS) is 1. The lowest BCUT2D eigenvalue weighted by molar-refractivity contribution is -0.143. The summed E-state index contributed by atoms with van der Waals surface area (Å²) in [5, 5.41) is 11.5. The van der Waals surface area contributed by atoms with Crippen molar-refractivity contribution in [3.05, 3.63) is 24.0 Å². The normalized spacial score (nSPS) is 13.1. The van der Waals surface area contributed by atoms with Crippen LogP contribution in [0.15, 0.2) is 18.3 Å². The number of hydrogen-bond donors (Lipinski definition) is 3. The average molecular weight is 252 g/mol. The lowest BCUT2D eigenvalue weighted by atomic mass is 9.89. The Balaban J connectivity index is 2.45. The first-order chi connectivity index (χ1) is 8.33. The van der Waals surface area contributed by atoms with E-state index in [2.05, 4.69) is 10.3 Å². The van der Waals surface area contributed by atoms with E-state index in [-0.39, 0.29) is 17.7 Å². The predicted molar refractivity (Wildman–Crippen MR) is 68.2 cm³/mol. The highest BCUT2D eigenvalue weighted by atomic mass is 16.4. The molecule has 1 atom stereocenters. The Morgan fingerprint density at radius 3 is 2.67 bits per heavy atom. The molecular weight excluding hydrogens is 232 g/mol. The third-order valence-corrected chi connectivity index (χ3v) is 2.97. The number of carbonyl (C=O) groups excluding carboxylic acids is 1. The predicted octanol–water partition coefficient (Wildman–Crippen LogP) is 1.52. The zero-order chi connectivity index (χ0) is 13.8. The molecule has 1 amide bonds. The van der Waals surface area contributed by atoms with Crippen LogP contribution >= 0.6 is 0 Å². The van der Waals surface area contributed by atoms with Crippen LogP contribution in [-0.2, 0) is 15.0 Å². The fraction of sp³-hybridized carbons (Fsp3) is 0.538. The number of hydrogen-bond acceptors (Lipinski definition) is 2. The van der Waals surface area contributed by atoms with E-state index in [1.807, 2.05) is 32.2 Å². The largest absolute Gasteiger partial charge is 0.481 e. The van der Waals surface area contributed by atoms with Gasteiger partial charge < -0.3 is 15.4 Å². The van der Waals surface area contributed by atoms with Gasteiger partial charge in [-0.05, 0) is 12.1 Å². The van der Waals surface area contributed by atoms with Gasteiger partial charge in [0.25, 0.3) is 0 Å². The number of amides is 1. The number of carboxylic acids is 1. The number of aliphatic carboxylic acids is 1. The Hall–Kier alpha value is -1.78. The summed E-state index contributed by atoms with van der Waals surface area (Å²) >= 11 is 0. The number of carbonyl (C=O) groups is 2. The maximum atomic E-state index is 11.6. The van der Waals surface area contributed by atoms with Crippen molar-refractivity contribution >= 4 is 11.9 Å². The lowest BCUT2D eigenvalue weighted by Gasteiger charge is -2.24. The minimum absolute atomic E-state index is 0.0101. The molecule has 0 saturated carbocycles. The Morgan fingerprint density at radius 1 is 1.50 bits per heavy atom. The standard InChI is InChI=1S/C13H20N2O3/c1-9(12(17)18)7-11(16)15-8-13(2,3)10-5-4-6-14-10/h4-6,9,14H,7-8H2,1-3H3,(H,15,16)(H,17,18). The quantitative estimate of drug-likeness (QED) is 0.718. The summed E-state index contributed by atoms with van der Waals surface area (Å²) in [6.07, 6.45) is 1.85. The molecule has 5 heteroatoms. The van der Waals surface area contributed by atoms with Crippen LogP contribution in [0.5, 0.6) is 0 Å². The molecule has 1 aromatic heterocycles. The molecule has 0 aliphatic rings. The SMILES string of the molecule is CC(CC(=O)NCC(C)(C)c1ccc[nH]1)C(=O)O. The van der Waals surface area contributed by atoms with Crippen molar-refractivity contribution in [2.24, 2.45) is 5.92 Å². The van der Waals surface area contributed by atoms with Crippen molar-refractivity contribution in [2.75, 3.05) is 6.54 Å². The van der Waals surface area contributed by atoms with Crippen molar-refractivity contribution in [1.82, 2.24) is 10.3 Å². The Bertz CT molecular complexity index is 410. The van der Waals surface area contributed by atoms with Gasteiger partial charge in [-0.15, -0.1) is 0 Å². The second kappa shape index (κ2) is 5.71. The Labute approximate surface area is 107 Å². The van der Waals surface area contributed by atoms with Gasteiger partial charge in [0.15, 0.2) is 0 Å². The van der Waals surface area contributed by atoms with Gasteiger partial charge in [0.1, 0.15) is 0 Å². The van der Waals surface area contributed by atoms with E-state index in [4.69, 9.17) is 5.11 Å². The van der Waals surface area contributed by atoms with Gasteiger partial charge in [0.2, 0.25) is 5.91 Å². The molecule has 18 heavy (non-hydrogen) atoms. The molecule has 0 saturated heterocycles. The lowest BCUT2D eigenvalue weighted by Crippen LogP contribution is -2.37. The molecule has 0 spiro atoms. The van der Waals surface area contributed by atoms with Gasteiger partial charge in [0.05, 0.1) is 5.92 Å². The smallest absolute Gasteiger partial charge is 0.306 e. The van der Waals surface area contributed by atoms with Crippen LogP contribution in [0.4, 0.5) is 0 Å². The molecular formula is C13H20N2O3. The molecule has 3 N–H and O–H groups in total. The molecule has 1 unspecified atom stereocenters. The minimum Gasteiger partial charge on any atom is -0.481 e. The molecule has 0 bridgehead atoms. The summed E-state index contributed by atoms with van der Waals surface area (Å²) in [4.78, 5) is 25.3. The third kappa shape index (κ3) is 3.91. The molecule has 0 radical (unpaired) electrons. The topological polar surface area (TPSA) is 82.2 Å². The Kier molecular flexibility index (Phi) is 4.53. The van der Waals surface area contributed by atoms with Gasteiger partial charge >= 0.3 is 5.97 Å². The number of aromatic amines is 1. The van der Waals surface area contributed by atoms with Crippen molar-refractivity contribution in [3.63, 3.8) is 0 Å². The van der Waals surface area contributed by atoms with Crippen molar-refractivity contribution in [2.45, 2.75) is 32.6 Å². The highest BCUT2D eigenvalue weighted by Gasteiger charge is 2.23. The van der Waals surface area contributed by atoms with Crippen LogP contribution in [0.25, 0.3) is 0 Å². The Morgan fingerprint density at radius 2 is 2.17 bits per heavy atom. The van der Waals surface area contributed by atoms with Crippen LogP contribution in [0.3, 0.4) is 0 Å². The second-order valence-corrected chi connectivity index (χ2v) is 5.19. The first-order valence-corrected chi connectivity index (χ1v) is 5.96. The van der Waals surface area contributed by atoms with Gasteiger partial charge in [-0.25, -0.2) is 0 Å². The average Bonchev–Trinajstić information content (AvgIpc) is 2.80. The van der Waals surface area contributed by atoms with E-state index in [0.29, 0.717) is 6.54 Å². The van der Waals surface area contributed by atoms with E-state index >= 15 is 0 Å². The van der Waals surface area contributed by atoms with Crippen molar-refractivity contribution in [1.29, 1.82) is 0 Å². The third-order valence-electron chi connectivity index (χ3n) is 2.97. The molecule has 100 valence electrons. The van der Waals surface area contributed by atoms with Crippen molar-refractivity contribution < 1.29 is 14.7 Å². The summed E-state index contributed by atoms with van der Waals surface area (Å²) in [7, 11) is 0. The van der Waals surface area contributed by atoms with Crippen molar-refractivity contribution in [3.8, 4) is 0 Å². The van der Waals surface area contributed by atoms with Gasteiger partial charge in [0, 0.05) is 30.3 Å². The van der Waals surface area contributed by atoms with E-state index in [1.165, 1.54) is 6.92 Å². The van der Waals surface area contributed by atoms with E-state index < -0.39 is 11.9 Å². The molecule has 0 fully saturated rings. The maximum Gasteiger partial charge on any atom is 0.306 e. The molecule has 1 aromatic rings. The summed E-state index contributed by atoms with van der Waals surface area (Å²) in [5.41, 5.74) is 0.833. The van der Waals surface area contributed by atoms with Crippen LogP contribution in [0.2, 0.25) is 0 Å². The van der Waals surface area contributed by atoms with E-state index in [9.17, 15) is 9.59 Å². The molecule has 5 nitrogen and oxygen atoms in total. The maximum absolute atomic E-state index is 11.6. The molecule has 1 rings (SSSR count). The van der Waals surface area contributed by atoms with Crippen LogP contribution < -0.4 is 5.32 Å². The number of aromatic nitrogens is 1. The summed E-state index contributed by atoms with van der Waals surface area (Å²) in [6, 6.07) is 3.87. The van der Waals surface area contributed by atoms with Gasteiger partial charge in [-0.1, -0.05) is 20.8 Å². The van der Waals surface area contributed by atoms with Crippen LogP contribution in [0.1, 0.15) is 32.9 Å². The molecule has 1 heterocycles. The van der Waals surface area contributed by atoms with Gasteiger partial charge in [-0.2, -0.15) is 0 Å². The molecule has 0 aromatic carbocycles. The first-order valence-electron chi connectivity index (χ1n) is 5.96. The zero-order valence-corrected chi connectivity index (χ0v) is 11.0. The number of nitrogens with one attached hydrogen (secondary N) is 2. The molecule has 0 aliphatic carbocycles. The van der Waals surface area contributed by atoms with Crippen LogP contribution in [0, 0.1) is 5.92 Å². The zero-order valence-electron chi connectivity index (χ0n) is 11.0.